The molecule has 0 fully saturated rings. The molecule has 0 spiro atoms. The maximum atomic E-state index is 12.9. The van der Waals surface area contributed by atoms with Crippen LogP contribution in [0.25, 0.3) is 6.08 Å². The highest BCUT2D eigenvalue weighted by molar-refractivity contribution is 6.07. The average molecular weight is 342 g/mol. The normalized spacial score (nSPS) is 10.7. The molecule has 0 aliphatic heterocycles. The van der Waals surface area contributed by atoms with E-state index >= 15 is 0 Å². The molecule has 0 saturated heterocycles. The molecule has 0 aliphatic rings. The summed E-state index contributed by atoms with van der Waals surface area (Å²) in [5.41, 5.74) is 7.81. The molecular weight excluding hydrogens is 323 g/mol. The number of imide groups is 1. The van der Waals surface area contributed by atoms with Crippen molar-refractivity contribution in [3.63, 3.8) is 0 Å². The van der Waals surface area contributed by atoms with E-state index in [0.717, 1.165) is 0 Å². The lowest BCUT2D eigenvalue weighted by Gasteiger charge is -2.13. The number of allylic oxidation sites excluding steroid dienone is 1. The van der Waals surface area contributed by atoms with Gasteiger partial charge in [0.2, 0.25) is 5.91 Å². The summed E-state index contributed by atoms with van der Waals surface area (Å²) < 4.78 is 18.1. The summed E-state index contributed by atoms with van der Waals surface area (Å²) in [7, 11) is 1.41. The lowest BCUT2D eigenvalue weighted by molar-refractivity contribution is -0.119. The van der Waals surface area contributed by atoms with Crippen molar-refractivity contribution in [2.24, 2.45) is 0 Å². The van der Waals surface area contributed by atoms with Crippen molar-refractivity contribution in [2.45, 2.75) is 13.3 Å². The van der Waals surface area contributed by atoms with E-state index in [9.17, 15) is 14.0 Å². The second-order valence-corrected chi connectivity index (χ2v) is 5.33. The highest BCUT2D eigenvalue weighted by Crippen LogP contribution is 2.30. The number of nitrogens with two attached hydrogens (primary N) is 1. The number of nitrogen functional groups attached to an aromatic ring is 1. The van der Waals surface area contributed by atoms with Crippen molar-refractivity contribution in [3.8, 4) is 5.75 Å². The Morgan fingerprint density at radius 2 is 1.88 bits per heavy atom. The number of rotatable bonds is 5. The Hall–Kier alpha value is -3.15. The standard InChI is InChI=1S/C19H19FN2O3/c1-3-4-13-7-10-15(18(25-2)17(13)21)19(24)22-16(23)11-12-5-8-14(20)9-6-12/h3-10H,11,21H2,1-2H3,(H,22,23,24)/b4-3-. The van der Waals surface area contributed by atoms with Gasteiger partial charge in [-0.15, -0.1) is 0 Å². The van der Waals surface area contributed by atoms with Crippen LogP contribution in [-0.2, 0) is 11.2 Å². The molecule has 0 bridgehead atoms. The summed E-state index contributed by atoms with van der Waals surface area (Å²) in [5, 5.41) is 2.29. The van der Waals surface area contributed by atoms with Crippen LogP contribution in [0, 0.1) is 5.82 Å². The van der Waals surface area contributed by atoms with Crippen LogP contribution in [0.15, 0.2) is 42.5 Å². The van der Waals surface area contributed by atoms with E-state index in [2.05, 4.69) is 5.32 Å². The maximum Gasteiger partial charge on any atom is 0.261 e. The minimum Gasteiger partial charge on any atom is -0.494 e. The topological polar surface area (TPSA) is 81.4 Å². The van der Waals surface area contributed by atoms with Crippen LogP contribution >= 0.6 is 0 Å². The number of anilines is 1. The molecule has 25 heavy (non-hydrogen) atoms. The lowest BCUT2D eigenvalue weighted by atomic mass is 10.1. The first kappa shape index (κ1) is 18.2. The molecule has 3 N–H and O–H groups in total. The smallest absolute Gasteiger partial charge is 0.261 e. The predicted molar refractivity (Wildman–Crippen MR) is 94.7 cm³/mol. The zero-order valence-corrected chi connectivity index (χ0v) is 14.0. The molecule has 2 rings (SSSR count). The van der Waals surface area contributed by atoms with Crippen LogP contribution in [0.4, 0.5) is 10.1 Å². The van der Waals surface area contributed by atoms with Gasteiger partial charge in [0.05, 0.1) is 24.8 Å². The molecule has 130 valence electrons. The highest BCUT2D eigenvalue weighted by Gasteiger charge is 2.18. The first-order valence-corrected chi connectivity index (χ1v) is 7.64. The number of carbonyl (C=O) groups is 2. The van der Waals surface area contributed by atoms with Crippen LogP contribution in [0.5, 0.6) is 5.75 Å². The molecule has 2 amide bonds. The highest BCUT2D eigenvalue weighted by atomic mass is 19.1. The number of halogens is 1. The van der Waals surface area contributed by atoms with Crippen molar-refractivity contribution in [3.05, 3.63) is 65.0 Å². The Labute approximate surface area is 145 Å². The number of benzene rings is 2. The monoisotopic (exact) mass is 342 g/mol. The molecular formula is C19H19FN2O3. The Balaban J connectivity index is 2.16. The van der Waals surface area contributed by atoms with Crippen molar-refractivity contribution < 1.29 is 18.7 Å². The summed E-state index contributed by atoms with van der Waals surface area (Å²) in [5.74, 6) is -1.29. The zero-order valence-electron chi connectivity index (χ0n) is 14.0. The van der Waals surface area contributed by atoms with Crippen LogP contribution in [0.3, 0.4) is 0 Å². The fourth-order valence-electron chi connectivity index (χ4n) is 2.36. The number of carbonyl (C=O) groups excluding carboxylic acids is 2. The Morgan fingerprint density at radius 3 is 2.48 bits per heavy atom. The number of amides is 2. The third kappa shape index (κ3) is 4.44. The average Bonchev–Trinajstić information content (AvgIpc) is 2.58. The number of hydrogen-bond donors (Lipinski definition) is 2. The van der Waals surface area contributed by atoms with E-state index < -0.39 is 11.8 Å². The van der Waals surface area contributed by atoms with Crippen molar-refractivity contribution in [1.29, 1.82) is 0 Å². The second-order valence-electron chi connectivity index (χ2n) is 5.33. The molecule has 0 heterocycles. The van der Waals surface area contributed by atoms with E-state index in [1.807, 2.05) is 13.0 Å². The van der Waals surface area contributed by atoms with Gasteiger partial charge in [0, 0.05) is 5.56 Å². The number of hydrogen-bond acceptors (Lipinski definition) is 4. The van der Waals surface area contributed by atoms with Crippen LogP contribution in [0.2, 0.25) is 0 Å². The van der Waals surface area contributed by atoms with Crippen LogP contribution in [0.1, 0.15) is 28.4 Å². The summed E-state index contributed by atoms with van der Waals surface area (Å²) in [6.45, 7) is 1.85. The molecule has 0 saturated carbocycles. The second kappa shape index (κ2) is 8.10. The Bertz CT molecular complexity index is 814. The van der Waals surface area contributed by atoms with Gasteiger partial charge in [-0.05, 0) is 30.7 Å². The van der Waals surface area contributed by atoms with E-state index in [4.69, 9.17) is 10.5 Å². The minimum atomic E-state index is -0.609. The van der Waals surface area contributed by atoms with Crippen LogP contribution in [-0.4, -0.2) is 18.9 Å². The van der Waals surface area contributed by atoms with Gasteiger partial charge >= 0.3 is 0 Å². The van der Waals surface area contributed by atoms with Crippen LogP contribution < -0.4 is 15.8 Å². The molecule has 6 heteroatoms. The van der Waals surface area contributed by atoms with Gasteiger partial charge < -0.3 is 10.5 Å². The number of methoxy groups -OCH3 is 1. The Kier molecular flexibility index (Phi) is 5.89. The van der Waals surface area contributed by atoms with Gasteiger partial charge in [-0.25, -0.2) is 4.39 Å². The molecule has 0 unspecified atom stereocenters. The fourth-order valence-corrected chi connectivity index (χ4v) is 2.36. The maximum absolute atomic E-state index is 12.9. The SMILES string of the molecule is C/C=C\c1ccc(C(=O)NC(=O)Cc2ccc(F)cc2)c(OC)c1N. The summed E-state index contributed by atoms with van der Waals surface area (Å²) in [6, 6.07) is 8.72. The van der Waals surface area contributed by atoms with Crippen molar-refractivity contribution >= 4 is 23.6 Å². The van der Waals surface area contributed by atoms with E-state index in [0.29, 0.717) is 16.8 Å². The largest absolute Gasteiger partial charge is 0.494 e. The first-order valence-electron chi connectivity index (χ1n) is 7.64. The fraction of sp³-hybridized carbons (Fsp3) is 0.158. The summed E-state index contributed by atoms with van der Waals surface area (Å²) in [6.07, 6.45) is 3.57. The molecule has 0 aromatic heterocycles. The van der Waals surface area contributed by atoms with Gasteiger partial charge in [0.15, 0.2) is 5.75 Å². The van der Waals surface area contributed by atoms with E-state index in [1.54, 1.807) is 18.2 Å². The van der Waals surface area contributed by atoms with Gasteiger partial charge in [0.1, 0.15) is 5.82 Å². The van der Waals surface area contributed by atoms with E-state index in [-0.39, 0.29) is 23.6 Å². The van der Waals surface area contributed by atoms with Gasteiger partial charge in [0.25, 0.3) is 5.91 Å². The minimum absolute atomic E-state index is 0.0412. The molecule has 2 aromatic carbocycles. The summed E-state index contributed by atoms with van der Waals surface area (Å²) >= 11 is 0. The van der Waals surface area contributed by atoms with Gasteiger partial charge in [-0.2, -0.15) is 0 Å². The Morgan fingerprint density at radius 1 is 1.20 bits per heavy atom. The van der Waals surface area contributed by atoms with E-state index in [1.165, 1.54) is 31.4 Å². The summed E-state index contributed by atoms with van der Waals surface area (Å²) in [4.78, 5) is 24.4. The predicted octanol–water partition coefficient (Wildman–Crippen LogP) is 2.95. The number of ether oxygens (including phenoxy) is 1. The lowest BCUT2D eigenvalue weighted by Crippen LogP contribution is -2.32. The first-order chi connectivity index (χ1) is 12.0. The molecule has 5 nitrogen and oxygen atoms in total. The van der Waals surface area contributed by atoms with Gasteiger partial charge in [-0.3, -0.25) is 14.9 Å². The molecule has 0 radical (unpaired) electrons. The quantitative estimate of drug-likeness (QED) is 0.819. The number of nitrogens with one attached hydrogen (secondary N) is 1. The molecule has 0 atom stereocenters. The van der Waals surface area contributed by atoms with Crippen molar-refractivity contribution in [2.75, 3.05) is 12.8 Å². The zero-order chi connectivity index (χ0) is 18.4. The third-order valence-electron chi connectivity index (χ3n) is 3.56. The van der Waals surface area contributed by atoms with Gasteiger partial charge in [-0.1, -0.05) is 30.4 Å². The van der Waals surface area contributed by atoms with Crippen molar-refractivity contribution in [1.82, 2.24) is 5.32 Å². The third-order valence-corrected chi connectivity index (χ3v) is 3.56. The molecule has 0 aliphatic carbocycles. The molecule has 2 aromatic rings.